The van der Waals surface area contributed by atoms with Gasteiger partial charge in [0, 0.05) is 33.2 Å². The van der Waals surface area contributed by atoms with Crippen LogP contribution in [0.3, 0.4) is 0 Å². The molecule has 0 aliphatic carbocycles. The molecule has 0 saturated carbocycles. The summed E-state index contributed by atoms with van der Waals surface area (Å²) in [6.45, 7) is 1.01. The fraction of sp³-hybridized carbons (Fsp3) is 1.00. The molecule has 7 heteroatoms. The van der Waals surface area contributed by atoms with E-state index in [1.165, 1.54) is 8.61 Å². The molecule has 2 N–H and O–H groups in total. The summed E-state index contributed by atoms with van der Waals surface area (Å²) in [5, 5.41) is 0. The number of piperidine rings is 1. The predicted molar refractivity (Wildman–Crippen MR) is 63.3 cm³/mol. The molecule has 5 nitrogen and oxygen atoms in total. The lowest BCUT2D eigenvalue weighted by Crippen LogP contribution is -2.51. The average Bonchev–Trinajstić information content (AvgIpc) is 2.17. The Morgan fingerprint density at radius 2 is 2.00 bits per heavy atom. The molecule has 0 aromatic carbocycles. The van der Waals surface area contributed by atoms with Crippen molar-refractivity contribution in [3.8, 4) is 0 Å². The molecule has 1 saturated heterocycles. The van der Waals surface area contributed by atoms with Gasteiger partial charge in [0.05, 0.1) is 0 Å². The zero-order valence-corrected chi connectivity index (χ0v) is 10.9. The van der Waals surface area contributed by atoms with E-state index >= 15 is 0 Å². The zero-order chi connectivity index (χ0) is 10.8. The van der Waals surface area contributed by atoms with E-state index < -0.39 is 10.2 Å². The lowest BCUT2D eigenvalue weighted by atomic mass is 10.1. The summed E-state index contributed by atoms with van der Waals surface area (Å²) in [4.78, 5) is 0. The lowest BCUT2D eigenvalue weighted by Gasteiger charge is -2.35. The molecule has 15 heavy (non-hydrogen) atoms. The van der Waals surface area contributed by atoms with Crippen LogP contribution in [0.25, 0.3) is 0 Å². The molecule has 0 bridgehead atoms. The van der Waals surface area contributed by atoms with Crippen LogP contribution in [-0.2, 0) is 10.2 Å². The van der Waals surface area contributed by atoms with Gasteiger partial charge in [-0.25, -0.2) is 0 Å². The van der Waals surface area contributed by atoms with Crippen molar-refractivity contribution in [2.45, 2.75) is 25.3 Å². The average molecular weight is 258 g/mol. The van der Waals surface area contributed by atoms with Gasteiger partial charge >= 0.3 is 0 Å². The number of halogens is 1. The van der Waals surface area contributed by atoms with Crippen LogP contribution in [0.15, 0.2) is 0 Å². The van der Waals surface area contributed by atoms with Crippen LogP contribution in [0.2, 0.25) is 0 Å². The Morgan fingerprint density at radius 1 is 1.40 bits per heavy atom. The van der Waals surface area contributed by atoms with Crippen LogP contribution >= 0.6 is 12.4 Å². The minimum atomic E-state index is -3.27. The molecule has 0 radical (unpaired) electrons. The van der Waals surface area contributed by atoms with Gasteiger partial charge in [0.25, 0.3) is 10.2 Å². The third kappa shape index (κ3) is 3.29. The second kappa shape index (κ2) is 6.00. The SMILES string of the molecule is CN(C)S(=O)(=O)N1CCCCC1CN.Cl. The molecular formula is C8H20ClN3O2S. The summed E-state index contributed by atoms with van der Waals surface area (Å²) in [6.07, 6.45) is 2.88. The Hall–Kier alpha value is 0.120. The van der Waals surface area contributed by atoms with Gasteiger partial charge in [-0.3, -0.25) is 0 Å². The molecule has 1 rings (SSSR count). The monoisotopic (exact) mass is 257 g/mol. The van der Waals surface area contributed by atoms with Crippen molar-refractivity contribution < 1.29 is 8.42 Å². The van der Waals surface area contributed by atoms with Gasteiger partial charge in [0.2, 0.25) is 0 Å². The normalized spacial score (nSPS) is 23.9. The third-order valence-electron chi connectivity index (χ3n) is 2.60. The van der Waals surface area contributed by atoms with Gasteiger partial charge in [0.1, 0.15) is 0 Å². The molecule has 1 aliphatic rings. The first-order chi connectivity index (χ1) is 6.50. The largest absolute Gasteiger partial charge is 0.329 e. The first kappa shape index (κ1) is 15.1. The summed E-state index contributed by atoms with van der Waals surface area (Å²) >= 11 is 0. The Balaban J connectivity index is 0.00000196. The van der Waals surface area contributed by atoms with Crippen molar-refractivity contribution in [3.05, 3.63) is 0 Å². The van der Waals surface area contributed by atoms with Crippen molar-refractivity contribution in [1.82, 2.24) is 8.61 Å². The van der Waals surface area contributed by atoms with Crippen molar-refractivity contribution >= 4 is 22.6 Å². The van der Waals surface area contributed by atoms with E-state index in [0.29, 0.717) is 13.1 Å². The van der Waals surface area contributed by atoms with E-state index in [-0.39, 0.29) is 18.4 Å². The van der Waals surface area contributed by atoms with Crippen LogP contribution in [-0.4, -0.2) is 50.3 Å². The van der Waals surface area contributed by atoms with Crippen molar-refractivity contribution in [1.29, 1.82) is 0 Å². The van der Waals surface area contributed by atoms with Crippen LogP contribution in [0.1, 0.15) is 19.3 Å². The standard InChI is InChI=1S/C8H19N3O2S.ClH/c1-10(2)14(12,13)11-6-4-3-5-8(11)7-9;/h8H,3-7,9H2,1-2H3;1H. The molecule has 1 atom stereocenters. The van der Waals surface area contributed by atoms with Gasteiger partial charge < -0.3 is 5.73 Å². The van der Waals surface area contributed by atoms with E-state index in [9.17, 15) is 8.42 Å². The molecular weight excluding hydrogens is 238 g/mol. The maximum Gasteiger partial charge on any atom is 0.281 e. The minimum Gasteiger partial charge on any atom is -0.329 e. The summed E-state index contributed by atoms with van der Waals surface area (Å²) in [5.74, 6) is 0. The third-order valence-corrected chi connectivity index (χ3v) is 4.60. The highest BCUT2D eigenvalue weighted by atomic mass is 35.5. The molecule has 0 amide bonds. The molecule has 0 aromatic heterocycles. The Kier molecular flexibility index (Phi) is 6.05. The zero-order valence-electron chi connectivity index (χ0n) is 9.22. The first-order valence-corrected chi connectivity index (χ1v) is 6.29. The molecule has 1 fully saturated rings. The summed E-state index contributed by atoms with van der Waals surface area (Å²) in [5.41, 5.74) is 5.57. The van der Waals surface area contributed by atoms with Crippen LogP contribution in [0.5, 0.6) is 0 Å². The van der Waals surface area contributed by atoms with Crippen molar-refractivity contribution in [3.63, 3.8) is 0 Å². The van der Waals surface area contributed by atoms with E-state index in [0.717, 1.165) is 19.3 Å². The quantitative estimate of drug-likeness (QED) is 0.776. The van der Waals surface area contributed by atoms with Crippen molar-refractivity contribution in [2.75, 3.05) is 27.2 Å². The van der Waals surface area contributed by atoms with E-state index in [1.807, 2.05) is 0 Å². The van der Waals surface area contributed by atoms with Gasteiger partial charge in [-0.1, -0.05) is 6.42 Å². The molecule has 1 unspecified atom stereocenters. The lowest BCUT2D eigenvalue weighted by molar-refractivity contribution is 0.244. The predicted octanol–water partition coefficient (Wildman–Crippen LogP) is 0.0278. The molecule has 92 valence electrons. The summed E-state index contributed by atoms with van der Waals surface area (Å²) in [6, 6.07) is -0.0175. The number of hydrogen-bond acceptors (Lipinski definition) is 3. The van der Waals surface area contributed by atoms with E-state index in [2.05, 4.69) is 0 Å². The van der Waals surface area contributed by atoms with Crippen molar-refractivity contribution in [2.24, 2.45) is 5.73 Å². The fourth-order valence-corrected chi connectivity index (χ4v) is 3.07. The Bertz CT molecular complexity index is 282. The number of nitrogens with zero attached hydrogens (tertiary/aromatic N) is 2. The smallest absolute Gasteiger partial charge is 0.281 e. The van der Waals surface area contributed by atoms with Crippen LogP contribution < -0.4 is 5.73 Å². The van der Waals surface area contributed by atoms with Gasteiger partial charge in [0.15, 0.2) is 0 Å². The second-order valence-corrected chi connectivity index (χ2v) is 5.88. The van der Waals surface area contributed by atoms with Crippen LogP contribution in [0, 0.1) is 0 Å². The maximum absolute atomic E-state index is 11.9. The van der Waals surface area contributed by atoms with Gasteiger partial charge in [-0.2, -0.15) is 17.0 Å². The van der Waals surface area contributed by atoms with Gasteiger partial charge in [-0.15, -0.1) is 12.4 Å². The highest BCUT2D eigenvalue weighted by molar-refractivity contribution is 7.86. The highest BCUT2D eigenvalue weighted by Crippen LogP contribution is 2.20. The summed E-state index contributed by atoms with van der Waals surface area (Å²) < 4.78 is 26.5. The topological polar surface area (TPSA) is 66.6 Å². The molecule has 0 aromatic rings. The number of rotatable bonds is 3. The maximum atomic E-state index is 11.9. The second-order valence-electron chi connectivity index (χ2n) is 3.79. The number of nitrogens with two attached hydrogens (primary N) is 1. The molecule has 1 aliphatic heterocycles. The van der Waals surface area contributed by atoms with Gasteiger partial charge in [-0.05, 0) is 12.8 Å². The minimum absolute atomic E-state index is 0. The Labute approximate surface area is 98.2 Å². The van der Waals surface area contributed by atoms with E-state index in [4.69, 9.17) is 5.73 Å². The van der Waals surface area contributed by atoms with E-state index in [1.54, 1.807) is 14.1 Å². The fourth-order valence-electron chi connectivity index (χ4n) is 1.72. The highest BCUT2D eigenvalue weighted by Gasteiger charge is 2.32. The summed E-state index contributed by atoms with van der Waals surface area (Å²) in [7, 11) is -0.168. The Morgan fingerprint density at radius 3 is 2.47 bits per heavy atom. The number of hydrogen-bond donors (Lipinski definition) is 1. The first-order valence-electron chi connectivity index (χ1n) is 4.89. The molecule has 1 heterocycles. The molecule has 0 spiro atoms. The van der Waals surface area contributed by atoms with Crippen LogP contribution in [0.4, 0.5) is 0 Å².